The van der Waals surface area contributed by atoms with Crippen LogP contribution in [0.15, 0.2) is 23.4 Å². The third-order valence-electron chi connectivity index (χ3n) is 6.17. The van der Waals surface area contributed by atoms with Gasteiger partial charge in [-0.2, -0.15) is 4.91 Å². The summed E-state index contributed by atoms with van der Waals surface area (Å²) in [5, 5.41) is 13.3. The number of ether oxygens (including phenoxy) is 2. The molecule has 0 amide bonds. The van der Waals surface area contributed by atoms with Crippen LogP contribution in [0, 0.1) is 16.7 Å². The number of nitrogens with zero attached hydrogens (tertiary/aromatic N) is 1. The number of nitroso groups, excluding NO2 is 1. The average molecular weight is 434 g/mol. The average Bonchev–Trinajstić information content (AvgIpc) is 2.69. The Morgan fingerprint density at radius 2 is 1.77 bits per heavy atom. The number of esters is 2. The van der Waals surface area contributed by atoms with E-state index in [4.69, 9.17) is 9.47 Å². The van der Waals surface area contributed by atoms with Crippen LogP contribution in [0.25, 0.3) is 0 Å². The molecule has 3 unspecified atom stereocenters. The highest BCUT2D eigenvalue weighted by Crippen LogP contribution is 2.57. The van der Waals surface area contributed by atoms with Crippen LogP contribution in [0.4, 0.5) is 0 Å². The first-order chi connectivity index (χ1) is 14.2. The molecule has 3 aliphatic rings. The molecule has 5 atom stereocenters. The zero-order valence-corrected chi connectivity index (χ0v) is 19.1. The van der Waals surface area contributed by atoms with Gasteiger partial charge in [0.2, 0.25) is 0 Å². The SMILES string of the molecule is CCCOC(=O)[C@H]1C(C(=O)OCC[Si](C)(C)C)C2CC(N=O)[C@H]1c1cc(O)ccc12. The predicted molar refractivity (Wildman–Crippen MR) is 115 cm³/mol. The molecule has 0 saturated heterocycles. The van der Waals surface area contributed by atoms with Crippen LogP contribution >= 0.6 is 0 Å². The smallest absolute Gasteiger partial charge is 0.310 e. The summed E-state index contributed by atoms with van der Waals surface area (Å²) in [6, 6.07) is 5.12. The maximum Gasteiger partial charge on any atom is 0.310 e. The molecule has 30 heavy (non-hydrogen) atoms. The summed E-state index contributed by atoms with van der Waals surface area (Å²) in [4.78, 5) is 37.8. The monoisotopic (exact) mass is 433 g/mol. The predicted octanol–water partition coefficient (Wildman–Crippen LogP) is 4.18. The van der Waals surface area contributed by atoms with Gasteiger partial charge in [0.25, 0.3) is 0 Å². The minimum Gasteiger partial charge on any atom is -0.508 e. The Morgan fingerprint density at radius 3 is 2.40 bits per heavy atom. The molecule has 1 aromatic rings. The lowest BCUT2D eigenvalue weighted by atomic mass is 9.54. The molecule has 0 aromatic heterocycles. The van der Waals surface area contributed by atoms with E-state index >= 15 is 0 Å². The number of carbonyl (C=O) groups excluding carboxylic acids is 2. The molecule has 3 aliphatic carbocycles. The highest BCUT2D eigenvalue weighted by molar-refractivity contribution is 6.76. The molecule has 1 saturated carbocycles. The van der Waals surface area contributed by atoms with Gasteiger partial charge < -0.3 is 14.6 Å². The van der Waals surface area contributed by atoms with E-state index < -0.39 is 43.8 Å². The van der Waals surface area contributed by atoms with Gasteiger partial charge in [-0.25, -0.2) is 0 Å². The van der Waals surface area contributed by atoms with Gasteiger partial charge >= 0.3 is 11.9 Å². The summed E-state index contributed by atoms with van der Waals surface area (Å²) in [6.45, 7) is 9.09. The first kappa shape index (κ1) is 22.5. The lowest BCUT2D eigenvalue weighted by Gasteiger charge is -2.49. The fourth-order valence-electron chi connectivity index (χ4n) is 4.74. The second kappa shape index (κ2) is 8.87. The van der Waals surface area contributed by atoms with Crippen molar-refractivity contribution in [1.29, 1.82) is 0 Å². The zero-order valence-electron chi connectivity index (χ0n) is 18.1. The number of benzene rings is 1. The Labute approximate surface area is 178 Å². The van der Waals surface area contributed by atoms with Crippen molar-refractivity contribution in [1.82, 2.24) is 0 Å². The van der Waals surface area contributed by atoms with E-state index in [1.807, 2.05) is 6.92 Å². The molecule has 0 aliphatic heterocycles. The lowest BCUT2D eigenvalue weighted by Crippen LogP contribution is -2.51. The molecule has 0 radical (unpaired) electrons. The van der Waals surface area contributed by atoms with Crippen LogP contribution in [0.3, 0.4) is 0 Å². The third-order valence-corrected chi connectivity index (χ3v) is 7.87. The molecule has 4 rings (SSSR count). The van der Waals surface area contributed by atoms with E-state index in [9.17, 15) is 19.6 Å². The van der Waals surface area contributed by atoms with E-state index in [2.05, 4.69) is 24.8 Å². The Morgan fingerprint density at radius 1 is 1.10 bits per heavy atom. The zero-order chi connectivity index (χ0) is 22.1. The molecule has 1 N–H and O–H groups in total. The molecule has 0 spiro atoms. The minimum absolute atomic E-state index is 0.0564. The summed E-state index contributed by atoms with van der Waals surface area (Å²) in [5.41, 5.74) is 1.59. The molecule has 1 fully saturated rings. The van der Waals surface area contributed by atoms with Gasteiger partial charge in [-0.3, -0.25) is 9.59 Å². The van der Waals surface area contributed by atoms with Crippen LogP contribution < -0.4 is 0 Å². The van der Waals surface area contributed by atoms with Crippen molar-refractivity contribution >= 4 is 20.0 Å². The Bertz CT molecular complexity index is 820. The van der Waals surface area contributed by atoms with Crippen LogP contribution in [0.2, 0.25) is 25.7 Å². The fourth-order valence-corrected chi connectivity index (χ4v) is 5.46. The fraction of sp³-hybridized carbons (Fsp3) is 0.636. The number of phenolic OH excluding ortho intramolecular Hbond substituents is 1. The van der Waals surface area contributed by atoms with Crippen LogP contribution in [-0.4, -0.2) is 44.4 Å². The number of hydrogen-bond donors (Lipinski definition) is 1. The maximum absolute atomic E-state index is 13.2. The second-order valence-electron chi connectivity index (χ2n) is 9.55. The normalized spacial score (nSPS) is 27.3. The van der Waals surface area contributed by atoms with Gasteiger partial charge in [0, 0.05) is 19.9 Å². The van der Waals surface area contributed by atoms with Crippen molar-refractivity contribution in [2.45, 2.75) is 63.3 Å². The van der Waals surface area contributed by atoms with Gasteiger partial charge in [-0.15, -0.1) is 0 Å². The lowest BCUT2D eigenvalue weighted by molar-refractivity contribution is -0.166. The molecule has 2 bridgehead atoms. The molecule has 0 heterocycles. The largest absolute Gasteiger partial charge is 0.508 e. The van der Waals surface area contributed by atoms with E-state index in [0.717, 1.165) is 11.6 Å². The summed E-state index contributed by atoms with van der Waals surface area (Å²) in [6.07, 6.45) is 1.04. The topological polar surface area (TPSA) is 102 Å². The highest BCUT2D eigenvalue weighted by Gasteiger charge is 2.58. The number of rotatable bonds is 8. The number of aromatic hydroxyl groups is 1. The Kier molecular flexibility index (Phi) is 6.64. The van der Waals surface area contributed by atoms with Gasteiger partial charge in [0.1, 0.15) is 11.8 Å². The first-order valence-corrected chi connectivity index (χ1v) is 14.4. The molecular weight excluding hydrogens is 402 g/mol. The number of hydrogen-bond acceptors (Lipinski definition) is 7. The second-order valence-corrected chi connectivity index (χ2v) is 15.2. The quantitative estimate of drug-likeness (QED) is 0.375. The van der Waals surface area contributed by atoms with E-state index in [1.54, 1.807) is 18.2 Å². The number of fused-ring (bicyclic) bond motifs is 2. The number of carbonyl (C=O) groups is 2. The third kappa shape index (κ3) is 4.43. The molecular formula is C22H31NO6Si. The van der Waals surface area contributed by atoms with Gasteiger partial charge in [-0.05, 0) is 42.1 Å². The molecule has 7 nitrogen and oxygen atoms in total. The van der Waals surface area contributed by atoms with E-state index in [0.29, 0.717) is 25.0 Å². The van der Waals surface area contributed by atoms with E-state index in [-0.39, 0.29) is 18.3 Å². The Balaban J connectivity index is 1.97. The Hall–Kier alpha value is -2.22. The van der Waals surface area contributed by atoms with Crippen LogP contribution in [0.5, 0.6) is 5.75 Å². The first-order valence-electron chi connectivity index (χ1n) is 10.7. The summed E-state index contributed by atoms with van der Waals surface area (Å²) in [5.74, 6) is -3.38. The van der Waals surface area contributed by atoms with Crippen LogP contribution in [0.1, 0.15) is 42.7 Å². The number of phenols is 1. The molecule has 1 aromatic carbocycles. The molecule has 164 valence electrons. The van der Waals surface area contributed by atoms with Crippen molar-refractivity contribution in [3.8, 4) is 5.75 Å². The van der Waals surface area contributed by atoms with E-state index in [1.165, 1.54) is 0 Å². The standard InChI is InChI=1S/C22H31NO6Si/c1-5-8-28-22(26)20-18-15-11-13(24)6-7-14(15)16(12-17(18)23-27)19(20)21(25)29-9-10-30(2,3)4/h6-7,11,16-20,24H,5,8-10,12H2,1-4H3/t16?,17?,18-,19?,20-/m1/s1. The van der Waals surface area contributed by atoms with Crippen molar-refractivity contribution in [3.05, 3.63) is 34.2 Å². The minimum atomic E-state index is -1.38. The van der Waals surface area contributed by atoms with Crippen LogP contribution in [-0.2, 0) is 19.1 Å². The maximum atomic E-state index is 13.2. The summed E-state index contributed by atoms with van der Waals surface area (Å²) < 4.78 is 11.0. The molecule has 8 heteroatoms. The highest BCUT2D eigenvalue weighted by atomic mass is 28.3. The van der Waals surface area contributed by atoms with Gasteiger partial charge in [0.15, 0.2) is 0 Å². The van der Waals surface area contributed by atoms with Crippen molar-refractivity contribution in [2.75, 3.05) is 13.2 Å². The summed E-state index contributed by atoms with van der Waals surface area (Å²) >= 11 is 0. The van der Waals surface area contributed by atoms with Gasteiger partial charge in [0.05, 0.1) is 25.0 Å². The van der Waals surface area contributed by atoms with Crippen molar-refractivity contribution in [2.24, 2.45) is 17.0 Å². The van der Waals surface area contributed by atoms with Crippen molar-refractivity contribution < 1.29 is 24.2 Å². The van der Waals surface area contributed by atoms with Gasteiger partial charge in [-0.1, -0.05) is 37.8 Å². The summed E-state index contributed by atoms with van der Waals surface area (Å²) in [7, 11) is -1.38. The van der Waals surface area contributed by atoms with Crippen molar-refractivity contribution in [3.63, 3.8) is 0 Å².